The van der Waals surface area contributed by atoms with Crippen molar-refractivity contribution >= 4 is 17.7 Å². The van der Waals surface area contributed by atoms with Crippen LogP contribution in [0.2, 0.25) is 0 Å². The number of nitrogens with one attached hydrogen (secondary N) is 1. The molecule has 5 heteroatoms. The van der Waals surface area contributed by atoms with Gasteiger partial charge in [-0.2, -0.15) is 5.10 Å². The summed E-state index contributed by atoms with van der Waals surface area (Å²) in [6.45, 7) is 1.99. The third kappa shape index (κ3) is 4.01. The molecule has 0 atom stereocenters. The number of hydrogen-bond acceptors (Lipinski definition) is 2. The Morgan fingerprint density at radius 1 is 1.12 bits per heavy atom. The lowest BCUT2D eigenvalue weighted by Gasteiger charge is -2.05. The Balaban J connectivity index is 1.78. The first kappa shape index (κ1) is 16.6. The molecule has 0 aliphatic rings. The van der Waals surface area contributed by atoms with Crippen molar-refractivity contribution in [3.05, 3.63) is 77.7 Å². The maximum atomic E-state index is 13.1. The number of aryl methyl sites for hydroxylation is 2. The summed E-state index contributed by atoms with van der Waals surface area (Å²) in [4.78, 5) is 12.1. The number of hydrogen-bond donors (Lipinski definition) is 1. The molecule has 1 N–H and O–H groups in total. The number of carbonyl (C=O) groups is 1. The molecule has 0 spiro atoms. The summed E-state index contributed by atoms with van der Waals surface area (Å²) < 4.78 is 14.8. The summed E-state index contributed by atoms with van der Waals surface area (Å²) in [6.07, 6.45) is 4.84. The predicted octanol–water partition coefficient (Wildman–Crippen LogP) is 4.19. The second-order valence-corrected chi connectivity index (χ2v) is 5.77. The number of carbonyl (C=O) groups excluding carboxylic acids is 1. The zero-order chi connectivity index (χ0) is 17.8. The molecule has 4 nitrogen and oxygen atoms in total. The Morgan fingerprint density at radius 3 is 2.48 bits per heavy atom. The molecule has 126 valence electrons. The molecule has 0 saturated carbocycles. The van der Waals surface area contributed by atoms with Crippen molar-refractivity contribution in [1.29, 1.82) is 0 Å². The number of anilines is 1. The van der Waals surface area contributed by atoms with Gasteiger partial charge in [0.15, 0.2) is 0 Å². The SMILES string of the molecule is Cc1ccc(NC(=O)/C=C/c2cnn(C)c2-c2ccc(F)cc2)cc1. The van der Waals surface area contributed by atoms with Crippen molar-refractivity contribution in [1.82, 2.24) is 9.78 Å². The average Bonchev–Trinajstić information content (AvgIpc) is 2.97. The summed E-state index contributed by atoms with van der Waals surface area (Å²) >= 11 is 0. The van der Waals surface area contributed by atoms with Crippen LogP contribution in [0.15, 0.2) is 60.8 Å². The summed E-state index contributed by atoms with van der Waals surface area (Å²) in [5.41, 5.74) is 4.31. The molecule has 0 unspecified atom stereocenters. The van der Waals surface area contributed by atoms with E-state index in [1.165, 1.54) is 18.2 Å². The Bertz CT molecular complexity index is 909. The fourth-order valence-electron chi connectivity index (χ4n) is 2.52. The summed E-state index contributed by atoms with van der Waals surface area (Å²) in [6, 6.07) is 13.8. The van der Waals surface area contributed by atoms with Gasteiger partial charge in [0.25, 0.3) is 0 Å². The van der Waals surface area contributed by atoms with Crippen LogP contribution in [0.5, 0.6) is 0 Å². The van der Waals surface area contributed by atoms with E-state index in [-0.39, 0.29) is 11.7 Å². The van der Waals surface area contributed by atoms with E-state index in [2.05, 4.69) is 10.4 Å². The van der Waals surface area contributed by atoms with Crippen molar-refractivity contribution in [3.8, 4) is 11.3 Å². The minimum Gasteiger partial charge on any atom is -0.323 e. The fraction of sp³-hybridized carbons (Fsp3) is 0.100. The van der Waals surface area contributed by atoms with Gasteiger partial charge in [0.1, 0.15) is 5.82 Å². The van der Waals surface area contributed by atoms with E-state index in [1.54, 1.807) is 29.1 Å². The minimum atomic E-state index is -0.291. The van der Waals surface area contributed by atoms with Gasteiger partial charge in [0.05, 0.1) is 11.9 Å². The Morgan fingerprint density at radius 2 is 1.80 bits per heavy atom. The molecule has 3 rings (SSSR count). The van der Waals surface area contributed by atoms with Gasteiger partial charge in [0.2, 0.25) is 5.91 Å². The molecular weight excluding hydrogens is 317 g/mol. The lowest BCUT2D eigenvalue weighted by Crippen LogP contribution is -2.07. The number of nitrogens with zero attached hydrogens (tertiary/aromatic N) is 2. The van der Waals surface area contributed by atoms with Crippen molar-refractivity contribution in [2.75, 3.05) is 5.32 Å². The molecule has 0 fully saturated rings. The summed E-state index contributed by atoms with van der Waals surface area (Å²) in [5.74, 6) is -0.516. The third-order valence-electron chi connectivity index (χ3n) is 3.82. The first-order valence-electron chi connectivity index (χ1n) is 7.86. The first-order chi connectivity index (χ1) is 12.0. The van der Waals surface area contributed by atoms with Gasteiger partial charge in [-0.15, -0.1) is 0 Å². The normalized spacial score (nSPS) is 11.0. The minimum absolute atomic E-state index is 0.224. The molecule has 25 heavy (non-hydrogen) atoms. The number of halogens is 1. The van der Waals surface area contributed by atoms with Gasteiger partial charge in [-0.05, 0) is 49.4 Å². The molecule has 1 heterocycles. The van der Waals surface area contributed by atoms with Crippen LogP contribution < -0.4 is 5.32 Å². The van der Waals surface area contributed by atoms with E-state index >= 15 is 0 Å². The Kier molecular flexibility index (Phi) is 4.75. The van der Waals surface area contributed by atoms with Gasteiger partial charge >= 0.3 is 0 Å². The van der Waals surface area contributed by atoms with Crippen LogP contribution in [0.3, 0.4) is 0 Å². The molecule has 0 bridgehead atoms. The number of amides is 1. The van der Waals surface area contributed by atoms with E-state index in [1.807, 2.05) is 38.2 Å². The standard InChI is InChI=1S/C20H18FN3O/c1-14-3-10-18(11-4-14)23-19(25)12-7-16-13-22-24(2)20(16)15-5-8-17(21)9-6-15/h3-13H,1-2H3,(H,23,25)/b12-7+. The van der Waals surface area contributed by atoms with Gasteiger partial charge in [-0.3, -0.25) is 9.48 Å². The Hall–Kier alpha value is -3.21. The van der Waals surface area contributed by atoms with Gasteiger partial charge in [-0.25, -0.2) is 4.39 Å². The monoisotopic (exact) mass is 335 g/mol. The van der Waals surface area contributed by atoms with Crippen LogP contribution in [0.1, 0.15) is 11.1 Å². The van der Waals surface area contributed by atoms with E-state index in [0.29, 0.717) is 0 Å². The maximum absolute atomic E-state index is 13.1. The van der Waals surface area contributed by atoms with Crippen LogP contribution in [-0.4, -0.2) is 15.7 Å². The van der Waals surface area contributed by atoms with Crippen LogP contribution in [-0.2, 0) is 11.8 Å². The van der Waals surface area contributed by atoms with Crippen LogP contribution in [0, 0.1) is 12.7 Å². The molecule has 0 aliphatic carbocycles. The quantitative estimate of drug-likeness (QED) is 0.727. The molecule has 0 radical (unpaired) electrons. The smallest absolute Gasteiger partial charge is 0.248 e. The second-order valence-electron chi connectivity index (χ2n) is 5.77. The predicted molar refractivity (Wildman–Crippen MR) is 97.4 cm³/mol. The highest BCUT2D eigenvalue weighted by Crippen LogP contribution is 2.24. The van der Waals surface area contributed by atoms with Crippen molar-refractivity contribution < 1.29 is 9.18 Å². The van der Waals surface area contributed by atoms with E-state index in [4.69, 9.17) is 0 Å². The second kappa shape index (κ2) is 7.13. The topological polar surface area (TPSA) is 46.9 Å². The highest BCUT2D eigenvalue weighted by molar-refractivity contribution is 6.02. The Labute approximate surface area is 145 Å². The van der Waals surface area contributed by atoms with Gasteiger partial charge in [0, 0.05) is 29.9 Å². The van der Waals surface area contributed by atoms with Crippen molar-refractivity contribution in [2.24, 2.45) is 7.05 Å². The number of rotatable bonds is 4. The largest absolute Gasteiger partial charge is 0.323 e. The molecule has 2 aromatic carbocycles. The van der Waals surface area contributed by atoms with Gasteiger partial charge < -0.3 is 5.32 Å². The zero-order valence-electron chi connectivity index (χ0n) is 14.0. The lowest BCUT2D eigenvalue weighted by molar-refractivity contribution is -0.111. The molecular formula is C20H18FN3O. The van der Waals surface area contributed by atoms with E-state index < -0.39 is 0 Å². The highest BCUT2D eigenvalue weighted by atomic mass is 19.1. The lowest BCUT2D eigenvalue weighted by atomic mass is 10.1. The summed E-state index contributed by atoms with van der Waals surface area (Å²) in [7, 11) is 1.81. The molecule has 1 amide bonds. The molecule has 3 aromatic rings. The van der Waals surface area contributed by atoms with Crippen LogP contribution >= 0.6 is 0 Å². The number of benzene rings is 2. The molecule has 1 aromatic heterocycles. The third-order valence-corrected chi connectivity index (χ3v) is 3.82. The first-order valence-corrected chi connectivity index (χ1v) is 7.86. The fourth-order valence-corrected chi connectivity index (χ4v) is 2.52. The van der Waals surface area contributed by atoms with E-state index in [0.717, 1.165) is 28.1 Å². The molecule has 0 saturated heterocycles. The highest BCUT2D eigenvalue weighted by Gasteiger charge is 2.09. The molecule has 0 aliphatic heterocycles. The average molecular weight is 335 g/mol. The van der Waals surface area contributed by atoms with E-state index in [9.17, 15) is 9.18 Å². The van der Waals surface area contributed by atoms with Crippen LogP contribution in [0.25, 0.3) is 17.3 Å². The zero-order valence-corrected chi connectivity index (χ0v) is 14.0. The van der Waals surface area contributed by atoms with Crippen molar-refractivity contribution in [3.63, 3.8) is 0 Å². The van der Waals surface area contributed by atoms with Crippen molar-refractivity contribution in [2.45, 2.75) is 6.92 Å². The van der Waals surface area contributed by atoms with Gasteiger partial charge in [-0.1, -0.05) is 17.7 Å². The maximum Gasteiger partial charge on any atom is 0.248 e. The van der Waals surface area contributed by atoms with Crippen LogP contribution in [0.4, 0.5) is 10.1 Å². The summed E-state index contributed by atoms with van der Waals surface area (Å²) in [5, 5.41) is 7.04. The number of aromatic nitrogens is 2.